The lowest BCUT2D eigenvalue weighted by Crippen LogP contribution is -2.53. The molecule has 1 rings (SSSR count). The number of halogens is 8. The number of hydrogen-bond acceptors (Lipinski definition) is 2. The maximum atomic E-state index is 12.0. The molecular weight excluding hydrogens is 297 g/mol. The molecule has 1 fully saturated rings. The third kappa shape index (κ3) is 1.90. The van der Waals surface area contributed by atoms with E-state index in [2.05, 4.69) is 0 Å². The van der Waals surface area contributed by atoms with Crippen LogP contribution in [0, 0.1) is 0 Å². The van der Waals surface area contributed by atoms with Crippen molar-refractivity contribution in [1.29, 1.82) is 0 Å². The predicted molar refractivity (Wildman–Crippen MR) is 44.5 cm³/mol. The monoisotopic (exact) mass is 296 g/mol. The summed E-state index contributed by atoms with van der Waals surface area (Å²) in [6, 6.07) is 0. The van der Waals surface area contributed by atoms with Gasteiger partial charge in [-0.15, -0.1) is 0 Å². The molecule has 1 heterocycles. The lowest BCUT2D eigenvalue weighted by Gasteiger charge is -2.47. The highest BCUT2D eigenvalue weighted by atomic mass is 35.5. The van der Waals surface area contributed by atoms with Crippen molar-refractivity contribution < 1.29 is 26.3 Å². The molecule has 0 aromatic heterocycles. The zero-order valence-electron chi connectivity index (χ0n) is 5.84. The fourth-order valence-electron chi connectivity index (χ4n) is 0.577. The van der Waals surface area contributed by atoms with Gasteiger partial charge < -0.3 is 0 Å². The summed E-state index contributed by atoms with van der Waals surface area (Å²) in [6.45, 7) is 0. The van der Waals surface area contributed by atoms with Crippen LogP contribution in [0.15, 0.2) is 0 Å². The van der Waals surface area contributed by atoms with Crippen LogP contribution in [0.3, 0.4) is 0 Å². The number of rotatable bonds is 0. The fraction of sp³-hybridized carbons (Fsp3) is 1.00. The first-order chi connectivity index (χ1) is 5.91. The molecule has 0 atom stereocenters. The molecule has 0 bridgehead atoms. The van der Waals surface area contributed by atoms with E-state index in [0.29, 0.717) is 0 Å². The molecule has 0 nitrogen and oxygen atoms in total. The molecule has 1 aliphatic rings. The molecule has 1 aliphatic heterocycles. The highest BCUT2D eigenvalue weighted by Crippen LogP contribution is 2.77. The van der Waals surface area contributed by atoms with Crippen LogP contribution in [0.5, 0.6) is 0 Å². The molecule has 84 valence electrons. The lowest BCUT2D eigenvalue weighted by atomic mass is 10.7. The fourth-order valence-corrected chi connectivity index (χ4v) is 5.15. The van der Waals surface area contributed by atoms with E-state index < -0.39 is 43.0 Å². The highest BCUT2D eigenvalue weighted by Gasteiger charge is 2.77. The zero-order chi connectivity index (χ0) is 11.4. The van der Waals surface area contributed by atoms with E-state index in [9.17, 15) is 26.3 Å². The second-order valence-electron chi connectivity index (χ2n) is 2.27. The maximum Gasteiger partial charge on any atom is 0.426 e. The van der Waals surface area contributed by atoms with Gasteiger partial charge in [-0.1, -0.05) is 46.7 Å². The van der Waals surface area contributed by atoms with Gasteiger partial charge in [-0.3, -0.25) is 0 Å². The lowest BCUT2D eigenvalue weighted by molar-refractivity contribution is -0.134. The van der Waals surface area contributed by atoms with Gasteiger partial charge in [0.05, 0.1) is 0 Å². The van der Waals surface area contributed by atoms with E-state index in [1.54, 1.807) is 0 Å². The summed E-state index contributed by atoms with van der Waals surface area (Å²) in [5, 5.41) is 0. The van der Waals surface area contributed by atoms with Crippen LogP contribution >= 0.6 is 46.7 Å². The first-order valence-electron chi connectivity index (χ1n) is 2.83. The van der Waals surface area contributed by atoms with Gasteiger partial charge in [0.25, 0.3) is 0 Å². The normalized spacial score (nSPS) is 39.4. The summed E-state index contributed by atoms with van der Waals surface area (Å²) in [7, 11) is 0. The van der Waals surface area contributed by atoms with Crippen molar-refractivity contribution in [1.82, 2.24) is 0 Å². The molecule has 14 heavy (non-hydrogen) atoms. The van der Waals surface area contributed by atoms with E-state index in [4.69, 9.17) is 23.2 Å². The Hall–Kier alpha value is 0.860. The van der Waals surface area contributed by atoms with E-state index >= 15 is 0 Å². The predicted octanol–water partition coefficient (Wildman–Crippen LogP) is 4.38. The van der Waals surface area contributed by atoms with Crippen molar-refractivity contribution in [2.24, 2.45) is 0 Å². The van der Waals surface area contributed by atoms with Crippen molar-refractivity contribution in [3.8, 4) is 0 Å². The van der Waals surface area contributed by atoms with Crippen LogP contribution in [-0.2, 0) is 0 Å². The van der Waals surface area contributed by atoms with E-state index in [0.717, 1.165) is 0 Å². The molecule has 0 aliphatic carbocycles. The Morgan fingerprint density at radius 1 is 0.714 bits per heavy atom. The molecule has 0 amide bonds. The Morgan fingerprint density at radius 2 is 0.929 bits per heavy atom. The third-order valence-electron chi connectivity index (χ3n) is 1.20. The van der Waals surface area contributed by atoms with Crippen LogP contribution in [0.25, 0.3) is 0 Å². The van der Waals surface area contributed by atoms with Crippen molar-refractivity contribution >= 4 is 46.7 Å². The molecular formula is C4Cl2F6S2. The molecule has 0 radical (unpaired) electrons. The van der Waals surface area contributed by atoms with Crippen molar-refractivity contribution in [3.63, 3.8) is 0 Å². The summed E-state index contributed by atoms with van der Waals surface area (Å²) < 4.78 is 66.1. The van der Waals surface area contributed by atoms with Crippen LogP contribution in [0.1, 0.15) is 0 Å². The third-order valence-corrected chi connectivity index (χ3v) is 5.53. The van der Waals surface area contributed by atoms with Gasteiger partial charge in [-0.25, -0.2) is 0 Å². The Balaban J connectivity index is 2.76. The zero-order valence-corrected chi connectivity index (χ0v) is 8.99. The number of alkyl halides is 8. The Morgan fingerprint density at radius 3 is 1.07 bits per heavy atom. The average molecular weight is 297 g/mol. The Bertz CT molecular complexity index is 217. The first-order valence-corrected chi connectivity index (χ1v) is 5.22. The second-order valence-corrected chi connectivity index (χ2v) is 7.68. The van der Waals surface area contributed by atoms with E-state index in [1.807, 2.05) is 0 Å². The first kappa shape index (κ1) is 12.9. The molecule has 1 saturated heterocycles. The highest BCUT2D eigenvalue weighted by molar-refractivity contribution is 8.38. The summed E-state index contributed by atoms with van der Waals surface area (Å²) >= 11 is 8.65. The SMILES string of the molecule is FC(F)(F)C1(Cl)SC(Cl)(C(F)(F)F)S1. The van der Waals surface area contributed by atoms with Crippen LogP contribution in [0.4, 0.5) is 26.3 Å². The number of thioether (sulfide) groups is 2. The van der Waals surface area contributed by atoms with Crippen molar-refractivity contribution in [2.75, 3.05) is 0 Å². The minimum atomic E-state index is -4.94. The van der Waals surface area contributed by atoms with Crippen LogP contribution in [0.2, 0.25) is 0 Å². The van der Waals surface area contributed by atoms with Gasteiger partial charge in [0.15, 0.2) is 0 Å². The topological polar surface area (TPSA) is 0 Å². The van der Waals surface area contributed by atoms with Gasteiger partial charge >= 0.3 is 12.4 Å². The quantitative estimate of drug-likeness (QED) is 0.481. The van der Waals surface area contributed by atoms with Gasteiger partial charge in [-0.2, -0.15) is 26.3 Å². The van der Waals surface area contributed by atoms with Crippen LogP contribution < -0.4 is 0 Å². The van der Waals surface area contributed by atoms with E-state index in [-0.39, 0.29) is 0 Å². The van der Waals surface area contributed by atoms with Gasteiger partial charge in [0, 0.05) is 0 Å². The molecule has 10 heteroatoms. The minimum absolute atomic E-state index is 0.564. The minimum Gasteiger partial charge on any atom is -0.167 e. The molecule has 0 aromatic carbocycles. The van der Waals surface area contributed by atoms with Gasteiger partial charge in [0.2, 0.25) is 7.08 Å². The van der Waals surface area contributed by atoms with Crippen LogP contribution in [-0.4, -0.2) is 19.4 Å². The molecule has 0 saturated carbocycles. The summed E-state index contributed by atoms with van der Waals surface area (Å²) in [6.07, 6.45) is -9.87. The smallest absolute Gasteiger partial charge is 0.167 e. The second kappa shape index (κ2) is 3.18. The maximum absolute atomic E-state index is 12.0. The number of hydrogen-bond donors (Lipinski definition) is 0. The van der Waals surface area contributed by atoms with Gasteiger partial charge in [0.1, 0.15) is 0 Å². The Labute approximate surface area is 92.7 Å². The molecule has 0 spiro atoms. The van der Waals surface area contributed by atoms with Gasteiger partial charge in [-0.05, 0) is 0 Å². The van der Waals surface area contributed by atoms with Crippen molar-refractivity contribution in [2.45, 2.75) is 19.4 Å². The Kier molecular flexibility index (Phi) is 2.93. The summed E-state index contributed by atoms with van der Waals surface area (Å²) in [5.74, 6) is 0. The molecule has 0 N–H and O–H groups in total. The standard InChI is InChI=1S/C4Cl2F6S2/c5-1(3(7,8)9)13-2(6,14-1)4(10,11)12. The summed E-state index contributed by atoms with van der Waals surface area (Å²) in [5.41, 5.74) is 0. The summed E-state index contributed by atoms with van der Waals surface area (Å²) in [4.78, 5) is 0. The molecule has 0 aromatic rings. The van der Waals surface area contributed by atoms with E-state index in [1.165, 1.54) is 0 Å². The molecule has 0 unspecified atom stereocenters. The largest absolute Gasteiger partial charge is 0.426 e. The average Bonchev–Trinajstić information content (AvgIpc) is 1.78. The van der Waals surface area contributed by atoms with Crippen molar-refractivity contribution in [3.05, 3.63) is 0 Å².